The number of hydrogen-bond acceptors (Lipinski definition) is 5. The number of benzene rings is 1. The van der Waals surface area contributed by atoms with Gasteiger partial charge >= 0.3 is 5.97 Å². The molecular weight excluding hydrogens is 308 g/mol. The third-order valence-electron chi connectivity index (χ3n) is 3.20. The number of methoxy groups -OCH3 is 1. The summed E-state index contributed by atoms with van der Waals surface area (Å²) in [5, 5.41) is 3.35. The molecule has 0 radical (unpaired) electrons. The molecule has 1 unspecified atom stereocenters. The molecule has 21 heavy (non-hydrogen) atoms. The van der Waals surface area contributed by atoms with Crippen molar-refractivity contribution in [2.75, 3.05) is 18.2 Å². The van der Waals surface area contributed by atoms with Gasteiger partial charge in [0.15, 0.2) is 0 Å². The molecule has 0 aliphatic rings. The van der Waals surface area contributed by atoms with E-state index < -0.39 is 5.97 Å². The summed E-state index contributed by atoms with van der Waals surface area (Å²) >= 11 is 7.48. The Labute approximate surface area is 132 Å². The fraction of sp³-hybridized carbons (Fsp3) is 0.267. The highest BCUT2D eigenvalue weighted by Gasteiger charge is 2.15. The van der Waals surface area contributed by atoms with Gasteiger partial charge in [-0.1, -0.05) is 11.6 Å². The first-order chi connectivity index (χ1) is 9.92. The molecule has 6 heteroatoms. The van der Waals surface area contributed by atoms with Crippen molar-refractivity contribution in [2.24, 2.45) is 0 Å². The summed E-state index contributed by atoms with van der Waals surface area (Å²) in [6, 6.07) is 7.55. The largest absolute Gasteiger partial charge is 0.465 e. The third-order valence-corrected chi connectivity index (χ3v) is 4.61. The van der Waals surface area contributed by atoms with Gasteiger partial charge in [0.1, 0.15) is 0 Å². The van der Waals surface area contributed by atoms with Crippen LogP contribution in [0.2, 0.25) is 4.34 Å². The van der Waals surface area contributed by atoms with Gasteiger partial charge in [0.2, 0.25) is 0 Å². The molecule has 1 aromatic carbocycles. The number of aryl methyl sites for hydroxylation is 1. The zero-order chi connectivity index (χ0) is 15.6. The van der Waals surface area contributed by atoms with Gasteiger partial charge < -0.3 is 15.8 Å². The Morgan fingerprint density at radius 1 is 1.43 bits per heavy atom. The SMILES string of the molecule is COC(=O)c1cc(NC(C)c2ccc(Cl)s2)cc(C)c1N. The van der Waals surface area contributed by atoms with Crippen molar-refractivity contribution in [3.63, 3.8) is 0 Å². The van der Waals surface area contributed by atoms with E-state index in [1.807, 2.05) is 32.0 Å². The van der Waals surface area contributed by atoms with Crippen molar-refractivity contribution in [1.29, 1.82) is 0 Å². The van der Waals surface area contributed by atoms with E-state index in [1.54, 1.807) is 6.07 Å². The second kappa shape index (κ2) is 6.37. The van der Waals surface area contributed by atoms with E-state index in [9.17, 15) is 4.79 Å². The summed E-state index contributed by atoms with van der Waals surface area (Å²) in [7, 11) is 1.34. The van der Waals surface area contributed by atoms with E-state index in [1.165, 1.54) is 18.4 Å². The Morgan fingerprint density at radius 2 is 2.14 bits per heavy atom. The zero-order valence-electron chi connectivity index (χ0n) is 12.1. The summed E-state index contributed by atoms with van der Waals surface area (Å²) < 4.78 is 5.51. The summed E-state index contributed by atoms with van der Waals surface area (Å²) in [4.78, 5) is 12.9. The van der Waals surface area contributed by atoms with Crippen LogP contribution in [0.25, 0.3) is 0 Å². The van der Waals surface area contributed by atoms with E-state index in [-0.39, 0.29) is 6.04 Å². The highest BCUT2D eigenvalue weighted by atomic mass is 35.5. The maximum Gasteiger partial charge on any atom is 0.340 e. The molecule has 4 nitrogen and oxygen atoms in total. The summed E-state index contributed by atoms with van der Waals surface area (Å²) in [6.45, 7) is 3.89. The minimum atomic E-state index is -0.439. The topological polar surface area (TPSA) is 64.3 Å². The predicted octanol–water partition coefficient (Wildman–Crippen LogP) is 4.25. The predicted molar refractivity (Wildman–Crippen MR) is 88.3 cm³/mol. The van der Waals surface area contributed by atoms with Crippen LogP contribution < -0.4 is 11.1 Å². The fourth-order valence-electron chi connectivity index (χ4n) is 2.04. The van der Waals surface area contributed by atoms with Crippen molar-refractivity contribution in [1.82, 2.24) is 0 Å². The van der Waals surface area contributed by atoms with Crippen molar-refractivity contribution >= 4 is 40.3 Å². The number of nitrogens with one attached hydrogen (secondary N) is 1. The molecule has 2 rings (SSSR count). The average molecular weight is 325 g/mol. The van der Waals surface area contributed by atoms with Crippen LogP contribution in [-0.2, 0) is 4.74 Å². The van der Waals surface area contributed by atoms with Crippen LogP contribution in [0.5, 0.6) is 0 Å². The van der Waals surface area contributed by atoms with Crippen LogP contribution >= 0.6 is 22.9 Å². The van der Waals surface area contributed by atoms with Crippen LogP contribution in [0.1, 0.15) is 33.8 Å². The highest BCUT2D eigenvalue weighted by Crippen LogP contribution is 2.30. The van der Waals surface area contributed by atoms with Gasteiger partial charge in [0.25, 0.3) is 0 Å². The molecule has 0 saturated carbocycles. The second-order valence-corrected chi connectivity index (χ2v) is 6.50. The van der Waals surface area contributed by atoms with Crippen molar-refractivity contribution in [2.45, 2.75) is 19.9 Å². The molecule has 0 aliphatic carbocycles. The van der Waals surface area contributed by atoms with E-state index in [0.29, 0.717) is 11.3 Å². The number of nitrogens with two attached hydrogens (primary N) is 1. The first-order valence-electron chi connectivity index (χ1n) is 6.42. The lowest BCUT2D eigenvalue weighted by molar-refractivity contribution is 0.0602. The Kier molecular flexibility index (Phi) is 4.75. The van der Waals surface area contributed by atoms with Gasteiger partial charge in [-0.05, 0) is 43.7 Å². The van der Waals surface area contributed by atoms with Crippen molar-refractivity contribution in [3.8, 4) is 0 Å². The molecular formula is C15H17ClN2O2S. The standard InChI is InChI=1S/C15H17ClN2O2S/c1-8-6-10(7-11(14(8)17)15(19)20-3)18-9(2)12-4-5-13(16)21-12/h4-7,9,18H,17H2,1-3H3. The highest BCUT2D eigenvalue weighted by molar-refractivity contribution is 7.16. The molecule has 1 aromatic heterocycles. The lowest BCUT2D eigenvalue weighted by Gasteiger charge is -2.16. The third kappa shape index (κ3) is 3.49. The van der Waals surface area contributed by atoms with Gasteiger partial charge in [-0.2, -0.15) is 0 Å². The Bertz CT molecular complexity index is 670. The number of carbonyl (C=O) groups excluding carboxylic acids is 1. The number of esters is 1. The quantitative estimate of drug-likeness (QED) is 0.651. The van der Waals surface area contributed by atoms with E-state index in [0.717, 1.165) is 20.5 Å². The van der Waals surface area contributed by atoms with Gasteiger partial charge in [-0.3, -0.25) is 0 Å². The number of ether oxygens (including phenoxy) is 1. The maximum absolute atomic E-state index is 11.8. The smallest absolute Gasteiger partial charge is 0.340 e. The minimum absolute atomic E-state index is 0.0796. The second-order valence-electron chi connectivity index (χ2n) is 4.75. The lowest BCUT2D eigenvalue weighted by Crippen LogP contribution is -2.10. The van der Waals surface area contributed by atoms with Crippen molar-refractivity contribution in [3.05, 3.63) is 44.6 Å². The maximum atomic E-state index is 11.8. The molecule has 0 fully saturated rings. The molecule has 1 atom stereocenters. The van der Waals surface area contributed by atoms with Crippen LogP contribution in [0.4, 0.5) is 11.4 Å². The molecule has 112 valence electrons. The van der Waals surface area contributed by atoms with Crippen molar-refractivity contribution < 1.29 is 9.53 Å². The fourth-order valence-corrected chi connectivity index (χ4v) is 3.11. The Hall–Kier alpha value is -1.72. The number of halogens is 1. The summed E-state index contributed by atoms with van der Waals surface area (Å²) in [6.07, 6.45) is 0. The van der Waals surface area contributed by atoms with Crippen LogP contribution in [0.3, 0.4) is 0 Å². The van der Waals surface area contributed by atoms with E-state index in [4.69, 9.17) is 22.1 Å². The molecule has 3 N–H and O–H groups in total. The normalized spacial score (nSPS) is 12.0. The van der Waals surface area contributed by atoms with Gasteiger partial charge in [-0.25, -0.2) is 4.79 Å². The van der Waals surface area contributed by atoms with E-state index in [2.05, 4.69) is 5.32 Å². The number of anilines is 2. The number of hydrogen-bond donors (Lipinski definition) is 2. The lowest BCUT2D eigenvalue weighted by atomic mass is 10.1. The number of rotatable bonds is 4. The Morgan fingerprint density at radius 3 is 2.71 bits per heavy atom. The molecule has 0 saturated heterocycles. The monoisotopic (exact) mass is 324 g/mol. The molecule has 2 aromatic rings. The zero-order valence-corrected chi connectivity index (χ0v) is 13.6. The van der Waals surface area contributed by atoms with E-state index >= 15 is 0 Å². The van der Waals surface area contributed by atoms with Gasteiger partial charge in [0.05, 0.1) is 23.1 Å². The summed E-state index contributed by atoms with van der Waals surface area (Å²) in [5.41, 5.74) is 8.39. The van der Waals surface area contributed by atoms with Gasteiger partial charge in [0, 0.05) is 16.3 Å². The number of carbonyl (C=O) groups is 1. The molecule has 0 bridgehead atoms. The first kappa shape index (κ1) is 15.7. The van der Waals surface area contributed by atoms with Crippen LogP contribution in [0, 0.1) is 6.92 Å². The first-order valence-corrected chi connectivity index (χ1v) is 7.62. The minimum Gasteiger partial charge on any atom is -0.465 e. The molecule has 0 spiro atoms. The number of nitrogen functional groups attached to an aromatic ring is 1. The number of thiophene rings is 1. The molecule has 0 amide bonds. The van der Waals surface area contributed by atoms with Crippen LogP contribution in [-0.4, -0.2) is 13.1 Å². The average Bonchev–Trinajstić information content (AvgIpc) is 2.88. The van der Waals surface area contributed by atoms with Crippen LogP contribution in [0.15, 0.2) is 24.3 Å². The Balaban J connectivity index is 2.28. The van der Waals surface area contributed by atoms with Gasteiger partial charge in [-0.15, -0.1) is 11.3 Å². The molecule has 0 aliphatic heterocycles. The molecule has 1 heterocycles. The summed E-state index contributed by atoms with van der Waals surface area (Å²) in [5.74, 6) is -0.439.